The molecule has 0 fully saturated rings. The van der Waals surface area contributed by atoms with Gasteiger partial charge >= 0.3 is 0 Å². The first-order valence-corrected chi connectivity index (χ1v) is 21.5. The molecule has 0 saturated carbocycles. The third-order valence-electron chi connectivity index (χ3n) is 15.8. The van der Waals surface area contributed by atoms with Crippen LogP contribution in [0.25, 0.3) is 71.6 Å². The highest BCUT2D eigenvalue weighted by molar-refractivity contribution is 6.28. The molecule has 5 atom stereocenters. The Morgan fingerprint density at radius 3 is 2.54 bits per heavy atom. The molecule has 2 heteroatoms. The Labute approximate surface area is 342 Å². The Morgan fingerprint density at radius 2 is 1.59 bits per heavy atom. The van der Waals surface area contributed by atoms with Gasteiger partial charge in [-0.05, 0) is 121 Å². The molecule has 0 amide bonds. The molecule has 5 unspecified atom stereocenters. The van der Waals surface area contributed by atoms with Gasteiger partial charge < -0.3 is 4.40 Å². The molecule has 8 aromatic rings. The van der Waals surface area contributed by atoms with Crippen molar-refractivity contribution in [1.29, 1.82) is 0 Å². The number of hydrogen-bond donors (Lipinski definition) is 0. The van der Waals surface area contributed by atoms with E-state index in [1.807, 2.05) is 0 Å². The van der Waals surface area contributed by atoms with E-state index < -0.39 is 5.41 Å². The number of rotatable bonds is 1. The van der Waals surface area contributed by atoms with Gasteiger partial charge in [0, 0.05) is 50.4 Å². The number of para-hydroxylation sites is 1. The summed E-state index contributed by atoms with van der Waals surface area (Å²) in [5.74, 6) is 0.131. The van der Waals surface area contributed by atoms with Gasteiger partial charge in [0.2, 0.25) is 0 Å². The summed E-state index contributed by atoms with van der Waals surface area (Å²) in [7, 11) is 0. The second-order valence-corrected chi connectivity index (χ2v) is 18.0. The zero-order valence-electron chi connectivity index (χ0n) is 32.8. The fourth-order valence-corrected chi connectivity index (χ4v) is 13.6. The Hall–Kier alpha value is -6.77. The van der Waals surface area contributed by atoms with Crippen LogP contribution in [0, 0.1) is 11.3 Å². The molecular weight excluding hydrogens is 713 g/mol. The number of aromatic nitrogens is 1. The molecule has 3 bridgehead atoms. The summed E-state index contributed by atoms with van der Waals surface area (Å²) < 4.78 is 2.61. The van der Waals surface area contributed by atoms with Gasteiger partial charge in [0.25, 0.3) is 0 Å². The third kappa shape index (κ3) is 3.43. The molecule has 0 saturated heterocycles. The normalized spacial score (nSPS) is 25.4. The molecule has 276 valence electrons. The van der Waals surface area contributed by atoms with Crippen molar-refractivity contribution in [3.8, 4) is 11.1 Å². The quantitative estimate of drug-likeness (QED) is 0.159. The lowest BCUT2D eigenvalue weighted by Gasteiger charge is -2.47. The van der Waals surface area contributed by atoms with Crippen LogP contribution in [0.15, 0.2) is 180 Å². The molecule has 15 rings (SSSR count). The third-order valence-corrected chi connectivity index (χ3v) is 15.8. The summed E-state index contributed by atoms with van der Waals surface area (Å²) >= 11 is 0. The van der Waals surface area contributed by atoms with Gasteiger partial charge in [0.05, 0.1) is 22.2 Å². The van der Waals surface area contributed by atoms with Gasteiger partial charge in [-0.1, -0.05) is 141 Å². The molecular formula is C57H38N2. The van der Waals surface area contributed by atoms with Crippen molar-refractivity contribution < 1.29 is 0 Å². The maximum absolute atomic E-state index is 6.14. The number of hydrogen-bond acceptors (Lipinski definition) is 1. The Morgan fingerprint density at radius 1 is 0.729 bits per heavy atom. The zero-order chi connectivity index (χ0) is 38.5. The Kier molecular flexibility index (Phi) is 5.53. The first kappa shape index (κ1) is 31.3. The molecule has 0 N–H and O–H groups in total. The lowest BCUT2D eigenvalue weighted by molar-refractivity contribution is 0.342. The maximum Gasteiger partial charge on any atom is 0.0624 e. The van der Waals surface area contributed by atoms with E-state index in [4.69, 9.17) is 11.6 Å². The van der Waals surface area contributed by atoms with Crippen molar-refractivity contribution in [1.82, 2.24) is 4.40 Å². The molecule has 0 radical (unpaired) electrons. The molecule has 2 nitrogen and oxygen atoms in total. The molecule has 59 heavy (non-hydrogen) atoms. The maximum atomic E-state index is 6.14. The molecule has 6 aromatic carbocycles. The minimum Gasteiger partial charge on any atom is -0.308 e. The van der Waals surface area contributed by atoms with Crippen LogP contribution in [0.3, 0.4) is 0 Å². The van der Waals surface area contributed by atoms with E-state index in [1.165, 1.54) is 121 Å². The van der Waals surface area contributed by atoms with Gasteiger partial charge in [0.15, 0.2) is 0 Å². The van der Waals surface area contributed by atoms with E-state index >= 15 is 0 Å². The van der Waals surface area contributed by atoms with Crippen LogP contribution < -0.4 is 0 Å². The van der Waals surface area contributed by atoms with Crippen LogP contribution in [-0.2, 0) is 0 Å². The highest BCUT2D eigenvalue weighted by Crippen LogP contribution is 2.67. The predicted molar refractivity (Wildman–Crippen MR) is 246 cm³/mol. The van der Waals surface area contributed by atoms with Crippen LogP contribution in [-0.4, -0.2) is 10.1 Å². The van der Waals surface area contributed by atoms with Crippen LogP contribution >= 0.6 is 0 Å². The molecule has 3 heterocycles. The van der Waals surface area contributed by atoms with Crippen molar-refractivity contribution >= 4 is 66.2 Å². The van der Waals surface area contributed by atoms with Gasteiger partial charge in [-0.15, -0.1) is 0 Å². The van der Waals surface area contributed by atoms with Crippen molar-refractivity contribution in [2.24, 2.45) is 16.3 Å². The summed E-state index contributed by atoms with van der Waals surface area (Å²) in [5.41, 5.74) is 22.4. The van der Waals surface area contributed by atoms with E-state index in [2.05, 4.69) is 163 Å². The van der Waals surface area contributed by atoms with E-state index in [-0.39, 0.29) is 23.7 Å². The highest BCUT2D eigenvalue weighted by Gasteiger charge is 2.55. The van der Waals surface area contributed by atoms with Gasteiger partial charge in [-0.2, -0.15) is 0 Å². The smallest absolute Gasteiger partial charge is 0.0624 e. The van der Waals surface area contributed by atoms with E-state index in [0.29, 0.717) is 0 Å². The lowest BCUT2D eigenvalue weighted by Crippen LogP contribution is -2.40. The molecule has 2 aromatic heterocycles. The number of aliphatic imine (C=N–C) groups is 1. The number of allylic oxidation sites excluding steroid dienone is 11. The van der Waals surface area contributed by atoms with Crippen molar-refractivity contribution in [3.63, 3.8) is 0 Å². The van der Waals surface area contributed by atoms with Gasteiger partial charge in [0.1, 0.15) is 0 Å². The molecule has 1 spiro atoms. The summed E-state index contributed by atoms with van der Waals surface area (Å²) in [6.45, 7) is 7.93. The lowest BCUT2D eigenvalue weighted by atomic mass is 9.55. The summed E-state index contributed by atoms with van der Waals surface area (Å²) in [6.07, 6.45) is 21.1. The minimum atomic E-state index is -0.439. The fourth-order valence-electron chi connectivity index (χ4n) is 13.6. The van der Waals surface area contributed by atoms with Crippen LogP contribution in [0.2, 0.25) is 0 Å². The van der Waals surface area contributed by atoms with Gasteiger partial charge in [-0.25, -0.2) is 0 Å². The number of nitrogens with zero attached hydrogens (tertiary/aromatic N) is 2. The predicted octanol–water partition coefficient (Wildman–Crippen LogP) is 14.1. The monoisotopic (exact) mass is 750 g/mol. The van der Waals surface area contributed by atoms with Crippen LogP contribution in [0.4, 0.5) is 0 Å². The zero-order valence-corrected chi connectivity index (χ0v) is 32.8. The van der Waals surface area contributed by atoms with Crippen LogP contribution in [0.5, 0.6) is 0 Å². The fraction of sp³-hybridized carbons (Fsp3) is 0.140. The second-order valence-electron chi connectivity index (χ2n) is 18.0. The SMILES string of the molecule is C=C1C2=C(C3C4=C(C=CCC4)c4c3ccc3ccccc43)N=C3C=CC=CC3C13C=Cc1ccc4c(c1C3C)c1c3c(cc5c6ccccc6n4c51)-c1ccccc1C23. The first-order chi connectivity index (χ1) is 29.1. The average Bonchev–Trinajstić information content (AvgIpc) is 3.99. The van der Waals surface area contributed by atoms with Crippen molar-refractivity contribution in [3.05, 3.63) is 208 Å². The molecule has 6 aliphatic carbocycles. The van der Waals surface area contributed by atoms with Crippen molar-refractivity contribution in [2.45, 2.75) is 37.5 Å². The summed E-state index contributed by atoms with van der Waals surface area (Å²) in [5, 5.41) is 8.14. The Bertz CT molecular complexity index is 3600. The second kappa shape index (κ2) is 10.4. The van der Waals surface area contributed by atoms with Crippen LogP contribution in [0.1, 0.15) is 70.9 Å². The minimum absolute atomic E-state index is 0.0148. The highest BCUT2D eigenvalue weighted by atomic mass is 14.9. The Balaban J connectivity index is 1.18. The number of benzene rings is 6. The van der Waals surface area contributed by atoms with Crippen molar-refractivity contribution in [2.75, 3.05) is 0 Å². The van der Waals surface area contributed by atoms with Gasteiger partial charge in [-0.3, -0.25) is 4.99 Å². The number of fused-ring (bicyclic) bond motifs is 14. The molecule has 1 aliphatic heterocycles. The average molecular weight is 751 g/mol. The largest absolute Gasteiger partial charge is 0.308 e. The van der Waals surface area contributed by atoms with E-state index in [1.54, 1.807) is 0 Å². The van der Waals surface area contributed by atoms with E-state index in [0.717, 1.165) is 18.6 Å². The molecule has 7 aliphatic rings. The topological polar surface area (TPSA) is 16.8 Å². The van der Waals surface area contributed by atoms with E-state index in [9.17, 15) is 0 Å². The first-order valence-electron chi connectivity index (χ1n) is 21.5. The standard InChI is InChI=1S/C57H38N2/c1-30-47-33-24-26-46-53(47)54-52-41(29-42-36-16-9-12-22-45(36)59(46)56(42)54)35-15-5-6-17-37(35)51(52)48-31(2)57(30,28-27-33)43-20-10-11-21-44(43)58-55(48)50-39-19-8-7-18-38(39)49-34-14-4-3-13-32(34)23-25-40(49)50/h3-7,9-18,20-30,43,50-51H,2,8,19H2,1H3. The summed E-state index contributed by atoms with van der Waals surface area (Å²) in [4.78, 5) is 6.14. The summed E-state index contributed by atoms with van der Waals surface area (Å²) in [6, 6.07) is 39.5.